The number of likely N-dealkylation sites (N-methyl/N-ethyl adjacent to an activating group) is 1. The van der Waals surface area contributed by atoms with E-state index in [4.69, 9.17) is 9.47 Å². The zero-order valence-corrected chi connectivity index (χ0v) is 22.6. The van der Waals surface area contributed by atoms with Crippen molar-refractivity contribution in [1.82, 2.24) is 10.6 Å². The Bertz CT molecular complexity index is 1350. The van der Waals surface area contributed by atoms with Crippen LogP contribution >= 0.6 is 0 Å². The minimum Gasteiger partial charge on any atom is -0.493 e. The molecule has 39 heavy (non-hydrogen) atoms. The second-order valence-electron chi connectivity index (χ2n) is 10.9. The quantitative estimate of drug-likeness (QED) is 0.355. The summed E-state index contributed by atoms with van der Waals surface area (Å²) in [7, 11) is 1.59. The zero-order chi connectivity index (χ0) is 27.5. The van der Waals surface area contributed by atoms with Crippen molar-refractivity contribution in [3.63, 3.8) is 0 Å². The molecule has 2 aliphatic rings. The first-order valence-corrected chi connectivity index (χ1v) is 13.7. The second-order valence-corrected chi connectivity index (χ2v) is 10.9. The predicted octanol–water partition coefficient (Wildman–Crippen LogP) is 6.02. The summed E-state index contributed by atoms with van der Waals surface area (Å²) in [4.78, 5) is 26.1. The van der Waals surface area contributed by atoms with E-state index in [0.717, 1.165) is 22.3 Å². The van der Waals surface area contributed by atoms with E-state index < -0.39 is 12.0 Å². The van der Waals surface area contributed by atoms with Crippen LogP contribution in [0.15, 0.2) is 60.7 Å². The molecule has 2 unspecified atom stereocenters. The van der Waals surface area contributed by atoms with Gasteiger partial charge in [-0.05, 0) is 83.8 Å². The zero-order valence-electron chi connectivity index (χ0n) is 22.6. The van der Waals surface area contributed by atoms with Crippen LogP contribution in [-0.4, -0.2) is 32.0 Å². The molecule has 0 spiro atoms. The predicted molar refractivity (Wildman–Crippen MR) is 148 cm³/mol. The van der Waals surface area contributed by atoms with Crippen LogP contribution in [-0.2, 0) is 4.79 Å². The number of hydrogen-bond donors (Lipinski definition) is 2. The molecule has 0 bridgehead atoms. The van der Waals surface area contributed by atoms with Crippen LogP contribution in [0.2, 0.25) is 0 Å². The number of carbonyl (C=O) groups excluding carboxylic acids is 2. The van der Waals surface area contributed by atoms with Gasteiger partial charge < -0.3 is 20.1 Å². The molecule has 1 saturated carbocycles. The molecule has 3 aromatic rings. The lowest BCUT2D eigenvalue weighted by Gasteiger charge is -2.25. The highest BCUT2D eigenvalue weighted by atomic mass is 19.1. The number of fused-ring (bicyclic) bond motifs is 1. The summed E-state index contributed by atoms with van der Waals surface area (Å²) in [5.74, 6) is 0.851. The fraction of sp³-hybridized carbons (Fsp3) is 0.375. The molecule has 2 N–H and O–H groups in total. The van der Waals surface area contributed by atoms with Crippen LogP contribution < -0.4 is 20.1 Å². The van der Waals surface area contributed by atoms with Crippen LogP contribution in [0.4, 0.5) is 4.39 Å². The van der Waals surface area contributed by atoms with E-state index in [1.165, 1.54) is 31.4 Å². The minimum atomic E-state index is -0.609. The van der Waals surface area contributed by atoms with Gasteiger partial charge in [0.2, 0.25) is 5.91 Å². The summed E-state index contributed by atoms with van der Waals surface area (Å²) in [5.41, 5.74) is 3.66. The van der Waals surface area contributed by atoms with Crippen LogP contribution in [0.1, 0.15) is 66.6 Å². The summed E-state index contributed by atoms with van der Waals surface area (Å²) >= 11 is 0. The molecule has 2 atom stereocenters. The third kappa shape index (κ3) is 5.92. The lowest BCUT2D eigenvalue weighted by Crippen LogP contribution is -2.28. The number of carbonyl (C=O) groups is 2. The molecule has 1 aliphatic heterocycles. The van der Waals surface area contributed by atoms with Crippen molar-refractivity contribution in [1.29, 1.82) is 0 Å². The van der Waals surface area contributed by atoms with Gasteiger partial charge in [0, 0.05) is 24.7 Å². The minimum absolute atomic E-state index is 0.150. The first-order chi connectivity index (χ1) is 18.8. The third-order valence-corrected chi connectivity index (χ3v) is 7.51. The maximum absolute atomic E-state index is 13.6. The van der Waals surface area contributed by atoms with Crippen molar-refractivity contribution < 1.29 is 23.5 Å². The van der Waals surface area contributed by atoms with Crippen molar-refractivity contribution in [2.24, 2.45) is 11.8 Å². The van der Waals surface area contributed by atoms with Gasteiger partial charge in [-0.3, -0.25) is 9.59 Å². The van der Waals surface area contributed by atoms with Gasteiger partial charge in [-0.15, -0.1) is 0 Å². The molecule has 0 aromatic heterocycles. The third-order valence-electron chi connectivity index (χ3n) is 7.51. The first-order valence-electron chi connectivity index (χ1n) is 13.7. The maximum atomic E-state index is 13.6. The van der Waals surface area contributed by atoms with Gasteiger partial charge in [0.25, 0.3) is 5.91 Å². The van der Waals surface area contributed by atoms with E-state index in [9.17, 15) is 14.0 Å². The highest BCUT2D eigenvalue weighted by Gasteiger charge is 2.40. The average molecular weight is 531 g/mol. The molecule has 0 radical (unpaired) electrons. The number of benzene rings is 3. The molecule has 1 aliphatic carbocycles. The van der Waals surface area contributed by atoms with Gasteiger partial charge in [-0.25, -0.2) is 4.39 Å². The molecule has 2 amide bonds. The lowest BCUT2D eigenvalue weighted by atomic mass is 9.86. The van der Waals surface area contributed by atoms with E-state index in [2.05, 4.69) is 24.5 Å². The smallest absolute Gasteiger partial charge is 0.251 e. The van der Waals surface area contributed by atoms with Gasteiger partial charge in [0.1, 0.15) is 29.3 Å². The van der Waals surface area contributed by atoms with E-state index in [1.807, 2.05) is 30.3 Å². The fourth-order valence-corrected chi connectivity index (χ4v) is 5.05. The summed E-state index contributed by atoms with van der Waals surface area (Å²) in [5, 5.41) is 5.74. The van der Waals surface area contributed by atoms with Crippen LogP contribution in [0, 0.1) is 17.7 Å². The summed E-state index contributed by atoms with van der Waals surface area (Å²) in [6, 6.07) is 17.4. The number of hydrogen-bond acceptors (Lipinski definition) is 4. The molecule has 1 fully saturated rings. The Labute approximate surface area is 228 Å². The van der Waals surface area contributed by atoms with Crippen LogP contribution in [0.5, 0.6) is 11.5 Å². The number of rotatable bonds is 9. The molecule has 3 aromatic carbocycles. The Hall–Kier alpha value is -3.87. The Morgan fingerprint density at radius 2 is 1.79 bits per heavy atom. The molecule has 0 saturated heterocycles. The number of amides is 2. The molecule has 1 heterocycles. The fourth-order valence-electron chi connectivity index (χ4n) is 5.05. The molecule has 7 heteroatoms. The molecular formula is C32H35FN2O4. The molecular weight excluding hydrogens is 495 g/mol. The Morgan fingerprint density at radius 1 is 1.03 bits per heavy atom. The number of nitrogens with one attached hydrogen (secondary N) is 2. The van der Waals surface area contributed by atoms with Crippen molar-refractivity contribution in [3.8, 4) is 22.6 Å². The summed E-state index contributed by atoms with van der Waals surface area (Å²) < 4.78 is 25.9. The van der Waals surface area contributed by atoms with E-state index in [1.54, 1.807) is 25.2 Å². The Kier molecular flexibility index (Phi) is 7.87. The SMILES string of the molecule is CNC(=O)C1c2cc(-c3cc(OCC4CCC4)cc(C(=O)NCC(C)C)c3)ccc2OC1c1ccc(F)cc1. The molecule has 204 valence electrons. The number of halogens is 1. The Morgan fingerprint density at radius 3 is 2.46 bits per heavy atom. The highest BCUT2D eigenvalue weighted by Crippen LogP contribution is 2.47. The van der Waals surface area contributed by atoms with Crippen molar-refractivity contribution in [3.05, 3.63) is 83.2 Å². The normalized spacial score (nSPS) is 18.2. The maximum Gasteiger partial charge on any atom is 0.251 e. The van der Waals surface area contributed by atoms with E-state index in [0.29, 0.717) is 42.0 Å². The summed E-state index contributed by atoms with van der Waals surface area (Å²) in [6.07, 6.45) is 3.00. The average Bonchev–Trinajstić information content (AvgIpc) is 3.29. The second kappa shape index (κ2) is 11.5. The molecule has 5 rings (SSSR count). The standard InChI is InChI=1S/C32H35FN2O4/c1-19(2)17-35-31(36)24-13-23(14-26(15-24)38-18-20-5-4-6-20)22-9-12-28-27(16-22)29(32(37)34-3)30(39-28)21-7-10-25(33)11-8-21/h7-16,19-20,29-30H,4-6,17-18H2,1-3H3,(H,34,37)(H,35,36). The first kappa shape index (κ1) is 26.7. The van der Waals surface area contributed by atoms with Gasteiger partial charge in [0.05, 0.1) is 6.61 Å². The highest BCUT2D eigenvalue weighted by molar-refractivity contribution is 5.96. The Balaban J connectivity index is 1.50. The van der Waals surface area contributed by atoms with Crippen LogP contribution in [0.25, 0.3) is 11.1 Å². The van der Waals surface area contributed by atoms with Gasteiger partial charge in [-0.2, -0.15) is 0 Å². The van der Waals surface area contributed by atoms with Gasteiger partial charge in [0.15, 0.2) is 0 Å². The lowest BCUT2D eigenvalue weighted by molar-refractivity contribution is -0.123. The monoisotopic (exact) mass is 530 g/mol. The van der Waals surface area contributed by atoms with E-state index in [-0.39, 0.29) is 17.6 Å². The van der Waals surface area contributed by atoms with Crippen molar-refractivity contribution in [2.75, 3.05) is 20.2 Å². The van der Waals surface area contributed by atoms with Gasteiger partial charge in [-0.1, -0.05) is 38.5 Å². The van der Waals surface area contributed by atoms with Crippen LogP contribution in [0.3, 0.4) is 0 Å². The largest absolute Gasteiger partial charge is 0.493 e. The van der Waals surface area contributed by atoms with Crippen molar-refractivity contribution in [2.45, 2.75) is 45.1 Å². The van der Waals surface area contributed by atoms with Gasteiger partial charge >= 0.3 is 0 Å². The molecule has 6 nitrogen and oxygen atoms in total. The summed E-state index contributed by atoms with van der Waals surface area (Å²) in [6.45, 7) is 5.32. The topological polar surface area (TPSA) is 76.7 Å². The van der Waals surface area contributed by atoms with Crippen molar-refractivity contribution >= 4 is 11.8 Å². The van der Waals surface area contributed by atoms with E-state index >= 15 is 0 Å². The number of ether oxygens (including phenoxy) is 2.